The molecule has 1 aromatic rings. The smallest absolute Gasteiger partial charge is 0.308 e. The first-order valence-corrected chi connectivity index (χ1v) is 7.15. The van der Waals surface area contributed by atoms with Crippen molar-refractivity contribution < 1.29 is 18.3 Å². The van der Waals surface area contributed by atoms with E-state index < -0.39 is 28.0 Å². The van der Waals surface area contributed by atoms with E-state index in [4.69, 9.17) is 5.11 Å². The molecule has 8 heteroatoms. The maximum atomic E-state index is 12.3. The molecule has 0 radical (unpaired) electrons. The number of H-pyrrole nitrogens is 1. The molecule has 1 aliphatic heterocycles. The fourth-order valence-electron chi connectivity index (χ4n) is 2.41. The van der Waals surface area contributed by atoms with Crippen molar-refractivity contribution in [2.24, 2.45) is 5.92 Å². The topological polar surface area (TPSA) is 103 Å². The molecule has 1 saturated heterocycles. The molecule has 0 aromatic carbocycles. The van der Waals surface area contributed by atoms with Gasteiger partial charge in [-0.15, -0.1) is 0 Å². The lowest BCUT2D eigenvalue weighted by Crippen LogP contribution is -2.39. The van der Waals surface area contributed by atoms with E-state index in [1.807, 2.05) is 0 Å². The summed E-state index contributed by atoms with van der Waals surface area (Å²) >= 11 is 0. The van der Waals surface area contributed by atoms with Gasteiger partial charge in [-0.2, -0.15) is 4.31 Å². The molecule has 2 heterocycles. The summed E-state index contributed by atoms with van der Waals surface area (Å²) in [5.41, 5.74) is 0. The van der Waals surface area contributed by atoms with Crippen LogP contribution in [0.2, 0.25) is 0 Å². The molecule has 18 heavy (non-hydrogen) atoms. The van der Waals surface area contributed by atoms with Crippen LogP contribution in [0, 0.1) is 5.92 Å². The Morgan fingerprint density at radius 3 is 2.89 bits per heavy atom. The normalized spacial score (nSPS) is 25.4. The molecule has 7 nitrogen and oxygen atoms in total. The minimum Gasteiger partial charge on any atom is -0.481 e. The molecule has 1 aliphatic rings. The van der Waals surface area contributed by atoms with Gasteiger partial charge in [-0.1, -0.05) is 6.92 Å². The highest BCUT2D eigenvalue weighted by molar-refractivity contribution is 7.89. The van der Waals surface area contributed by atoms with E-state index >= 15 is 0 Å². The van der Waals surface area contributed by atoms with Crippen molar-refractivity contribution in [3.8, 4) is 0 Å². The third-order valence-electron chi connectivity index (χ3n) is 3.29. The van der Waals surface area contributed by atoms with E-state index in [2.05, 4.69) is 9.97 Å². The molecule has 2 atom stereocenters. The fourth-order valence-corrected chi connectivity index (χ4v) is 4.06. The van der Waals surface area contributed by atoms with Gasteiger partial charge in [0.05, 0.1) is 18.4 Å². The summed E-state index contributed by atoms with van der Waals surface area (Å²) in [4.78, 5) is 17.3. The van der Waals surface area contributed by atoms with Gasteiger partial charge >= 0.3 is 5.97 Å². The maximum absolute atomic E-state index is 12.3. The van der Waals surface area contributed by atoms with Gasteiger partial charge in [-0.25, -0.2) is 13.4 Å². The van der Waals surface area contributed by atoms with Crippen LogP contribution in [0.3, 0.4) is 0 Å². The minimum absolute atomic E-state index is 0.00647. The van der Waals surface area contributed by atoms with Gasteiger partial charge in [0.25, 0.3) is 10.0 Å². The van der Waals surface area contributed by atoms with Crippen LogP contribution in [0.25, 0.3) is 0 Å². The van der Waals surface area contributed by atoms with Crippen LogP contribution in [0.5, 0.6) is 0 Å². The summed E-state index contributed by atoms with van der Waals surface area (Å²) in [7, 11) is -3.67. The molecule has 0 spiro atoms. The van der Waals surface area contributed by atoms with Crippen LogP contribution in [0.1, 0.15) is 19.8 Å². The van der Waals surface area contributed by atoms with Crippen molar-refractivity contribution in [1.82, 2.24) is 14.3 Å². The zero-order chi connectivity index (χ0) is 13.3. The number of nitrogens with one attached hydrogen (secondary N) is 1. The summed E-state index contributed by atoms with van der Waals surface area (Å²) in [6, 6.07) is -0.490. The highest BCUT2D eigenvalue weighted by Crippen LogP contribution is 2.31. The Bertz CT molecular complexity index is 525. The van der Waals surface area contributed by atoms with E-state index in [1.54, 1.807) is 6.92 Å². The van der Waals surface area contributed by atoms with Crippen molar-refractivity contribution in [3.05, 3.63) is 12.5 Å². The highest BCUT2D eigenvalue weighted by atomic mass is 32.2. The number of hydrogen-bond acceptors (Lipinski definition) is 4. The first-order valence-electron chi connectivity index (χ1n) is 5.71. The monoisotopic (exact) mass is 273 g/mol. The van der Waals surface area contributed by atoms with Crippen LogP contribution in [-0.4, -0.2) is 46.4 Å². The van der Waals surface area contributed by atoms with Crippen molar-refractivity contribution in [1.29, 1.82) is 0 Å². The molecule has 0 aliphatic carbocycles. The van der Waals surface area contributed by atoms with E-state index in [9.17, 15) is 13.2 Å². The van der Waals surface area contributed by atoms with Crippen molar-refractivity contribution in [2.75, 3.05) is 6.54 Å². The predicted molar refractivity (Wildman–Crippen MR) is 62.3 cm³/mol. The van der Waals surface area contributed by atoms with E-state index in [0.717, 1.165) is 0 Å². The lowest BCUT2D eigenvalue weighted by molar-refractivity contribution is -0.142. The zero-order valence-electron chi connectivity index (χ0n) is 9.91. The van der Waals surface area contributed by atoms with E-state index in [-0.39, 0.29) is 11.6 Å². The Morgan fingerprint density at radius 1 is 1.67 bits per heavy atom. The van der Waals surface area contributed by atoms with Gasteiger partial charge in [0.2, 0.25) is 0 Å². The number of hydrogen-bond donors (Lipinski definition) is 2. The van der Waals surface area contributed by atoms with Crippen molar-refractivity contribution in [2.45, 2.75) is 30.8 Å². The van der Waals surface area contributed by atoms with Crippen LogP contribution < -0.4 is 0 Å². The number of rotatable bonds is 4. The van der Waals surface area contributed by atoms with Gasteiger partial charge in [-0.05, 0) is 12.8 Å². The fraction of sp³-hybridized carbons (Fsp3) is 0.600. The number of nitrogens with zero attached hydrogens (tertiary/aromatic N) is 2. The summed E-state index contributed by atoms with van der Waals surface area (Å²) in [6.07, 6.45) is 3.35. The number of sulfonamides is 1. The number of aliphatic carboxylic acids is 1. The number of carboxylic acid groups (broad SMARTS) is 1. The molecule has 1 aromatic heterocycles. The Hall–Kier alpha value is -1.41. The number of aromatic nitrogens is 2. The van der Waals surface area contributed by atoms with Gasteiger partial charge in [-0.3, -0.25) is 4.79 Å². The molecule has 1 fully saturated rings. The lowest BCUT2D eigenvalue weighted by atomic mass is 9.99. The van der Waals surface area contributed by atoms with Crippen molar-refractivity contribution >= 4 is 16.0 Å². The number of carboxylic acids is 1. The maximum Gasteiger partial charge on any atom is 0.308 e. The van der Waals surface area contributed by atoms with Gasteiger partial charge in [0.15, 0.2) is 5.03 Å². The van der Waals surface area contributed by atoms with Crippen LogP contribution in [-0.2, 0) is 14.8 Å². The van der Waals surface area contributed by atoms with Crippen molar-refractivity contribution in [3.63, 3.8) is 0 Å². The quantitative estimate of drug-likeness (QED) is 0.820. The molecular formula is C10H15N3O4S. The molecule has 0 bridgehead atoms. The summed E-state index contributed by atoms with van der Waals surface area (Å²) in [5.74, 6) is -1.57. The minimum atomic E-state index is -3.67. The highest BCUT2D eigenvalue weighted by Gasteiger charge is 2.44. The number of carbonyl (C=O) groups is 1. The first kappa shape index (κ1) is 13.0. The third kappa shape index (κ3) is 2.01. The molecule has 100 valence electrons. The van der Waals surface area contributed by atoms with Gasteiger partial charge in [0.1, 0.15) is 0 Å². The standard InChI is InChI=1S/C10H15N3O4S/c1-2-8-7(10(14)15)3-4-13(8)18(16,17)9-5-11-6-12-9/h5-8H,2-4H2,1H3,(H,11,12)(H,14,15). The first-order chi connectivity index (χ1) is 8.48. The molecule has 2 N–H and O–H groups in total. The Kier molecular flexibility index (Phi) is 3.40. The second kappa shape index (κ2) is 4.69. The average molecular weight is 273 g/mol. The Morgan fingerprint density at radius 2 is 2.39 bits per heavy atom. The van der Waals surface area contributed by atoms with Gasteiger partial charge in [0, 0.05) is 12.6 Å². The zero-order valence-corrected chi connectivity index (χ0v) is 10.7. The SMILES string of the molecule is CCC1C(C(=O)O)CCN1S(=O)(=O)c1cnc[nH]1. The summed E-state index contributed by atoms with van der Waals surface area (Å²) in [5, 5.41) is 9.09. The molecular weight excluding hydrogens is 258 g/mol. The van der Waals surface area contributed by atoms with E-state index in [1.165, 1.54) is 16.8 Å². The summed E-state index contributed by atoms with van der Waals surface area (Å²) in [6.45, 7) is 2.03. The Balaban J connectivity index is 2.32. The average Bonchev–Trinajstić information content (AvgIpc) is 2.98. The summed E-state index contributed by atoms with van der Waals surface area (Å²) < 4.78 is 25.9. The molecule has 2 unspecified atom stereocenters. The second-order valence-corrected chi connectivity index (χ2v) is 6.10. The second-order valence-electron chi connectivity index (χ2n) is 4.24. The molecule has 0 amide bonds. The third-order valence-corrected chi connectivity index (χ3v) is 5.14. The van der Waals surface area contributed by atoms with E-state index in [0.29, 0.717) is 12.8 Å². The number of imidazole rings is 1. The number of aromatic amines is 1. The lowest BCUT2D eigenvalue weighted by Gasteiger charge is -2.24. The largest absolute Gasteiger partial charge is 0.481 e. The molecule has 2 rings (SSSR count). The predicted octanol–water partition coefficient (Wildman–Crippen LogP) is 0.283. The van der Waals surface area contributed by atoms with Crippen LogP contribution in [0.4, 0.5) is 0 Å². The van der Waals surface area contributed by atoms with Crippen LogP contribution in [0.15, 0.2) is 17.6 Å². The van der Waals surface area contributed by atoms with Crippen LogP contribution >= 0.6 is 0 Å². The van der Waals surface area contributed by atoms with Gasteiger partial charge < -0.3 is 10.1 Å². The molecule has 0 saturated carbocycles. The Labute approximate surface area is 105 Å².